The molecule has 2 heterocycles. The molecule has 1 atom stereocenters. The van der Waals surface area contributed by atoms with E-state index < -0.39 is 28.8 Å². The van der Waals surface area contributed by atoms with E-state index in [2.05, 4.69) is 15.6 Å². The van der Waals surface area contributed by atoms with Gasteiger partial charge in [0, 0.05) is 37.5 Å². The average Bonchev–Trinajstić information content (AvgIpc) is 3.34. The average molecular weight is 503 g/mol. The number of anilines is 3. The van der Waals surface area contributed by atoms with Gasteiger partial charge in [-0.25, -0.2) is 4.79 Å². The lowest BCUT2D eigenvalue weighted by atomic mass is 10.0. The molecule has 1 amide bonds. The number of carbonyl (C=O) groups is 2. The number of aliphatic carboxylic acids is 1. The van der Waals surface area contributed by atoms with Crippen LogP contribution in [0.25, 0.3) is 0 Å². The third-order valence-electron chi connectivity index (χ3n) is 5.67. The molecule has 3 N–H and O–H groups in total. The fraction of sp³-hybridized carbons (Fsp3) is 0.261. The van der Waals surface area contributed by atoms with Gasteiger partial charge in [0.2, 0.25) is 0 Å². The number of hydrogen-bond donors (Lipinski definition) is 3. The summed E-state index contributed by atoms with van der Waals surface area (Å²) in [4.78, 5) is 54.2. The van der Waals surface area contributed by atoms with Crippen LogP contribution < -0.4 is 26.4 Å². The minimum Gasteiger partial charge on any atom is -0.480 e. The fourth-order valence-electron chi connectivity index (χ4n) is 3.87. The molecule has 1 aliphatic heterocycles. The number of amides is 1. The first kappa shape index (κ1) is 23.7. The molecule has 1 saturated heterocycles. The van der Waals surface area contributed by atoms with Crippen molar-refractivity contribution < 1.29 is 14.7 Å². The van der Waals surface area contributed by atoms with Gasteiger partial charge >= 0.3 is 5.97 Å². The van der Waals surface area contributed by atoms with Crippen molar-refractivity contribution in [2.75, 3.05) is 28.6 Å². The van der Waals surface area contributed by atoms with Crippen LogP contribution in [0, 0.1) is 0 Å². The molecule has 1 aromatic heterocycles. The molecule has 11 heteroatoms. The van der Waals surface area contributed by atoms with Crippen molar-refractivity contribution in [2.45, 2.75) is 25.3 Å². The van der Waals surface area contributed by atoms with Gasteiger partial charge in [-0.2, -0.15) is 0 Å². The molecule has 0 saturated carbocycles. The van der Waals surface area contributed by atoms with Gasteiger partial charge < -0.3 is 20.6 Å². The van der Waals surface area contributed by atoms with E-state index in [0.29, 0.717) is 24.2 Å². The second-order valence-corrected chi connectivity index (χ2v) is 8.76. The summed E-state index contributed by atoms with van der Waals surface area (Å²) >= 11 is 12.1. The third-order valence-corrected chi connectivity index (χ3v) is 6.25. The molecule has 34 heavy (non-hydrogen) atoms. The lowest BCUT2D eigenvalue weighted by Gasteiger charge is -2.25. The summed E-state index contributed by atoms with van der Waals surface area (Å²) in [5, 5.41) is 15.4. The Balaban J connectivity index is 1.46. The van der Waals surface area contributed by atoms with E-state index in [1.54, 1.807) is 24.3 Å². The summed E-state index contributed by atoms with van der Waals surface area (Å²) in [6.45, 7) is 1.33. The second-order valence-electron chi connectivity index (χ2n) is 7.94. The van der Waals surface area contributed by atoms with E-state index in [-0.39, 0.29) is 33.5 Å². The maximum absolute atomic E-state index is 12.5. The summed E-state index contributed by atoms with van der Waals surface area (Å²) in [7, 11) is 0. The van der Waals surface area contributed by atoms with Crippen LogP contribution in [0.4, 0.5) is 17.1 Å². The van der Waals surface area contributed by atoms with Crippen LogP contribution >= 0.6 is 23.2 Å². The zero-order chi connectivity index (χ0) is 24.4. The van der Waals surface area contributed by atoms with Crippen molar-refractivity contribution in [1.82, 2.24) is 4.98 Å². The summed E-state index contributed by atoms with van der Waals surface area (Å²) in [6, 6.07) is 5.19. The number of aromatic nitrogens is 1. The molecule has 0 radical (unpaired) electrons. The standard InChI is InChI=1S/C23H20Cl2N4O5/c24-14-10-26-11-15(25)17(14)28-22(32)13-5-3-12(4-6-13)9-16(23(33)34)27-18-19(21(31)20(18)30)29-7-1-2-8-29/h3-6,10-11,16,27H,1-2,7-9H2,(H,33,34)(H,26,28,32)/t16-/m0/s1. The first-order valence-corrected chi connectivity index (χ1v) is 11.3. The Morgan fingerprint density at radius 2 is 1.62 bits per heavy atom. The summed E-state index contributed by atoms with van der Waals surface area (Å²) in [6.07, 6.45) is 4.59. The van der Waals surface area contributed by atoms with Crippen molar-refractivity contribution in [3.8, 4) is 0 Å². The Morgan fingerprint density at radius 1 is 1.00 bits per heavy atom. The SMILES string of the molecule is O=C(Nc1c(Cl)cncc1Cl)c1ccc(C[C@H](Nc2c(N3CCCC3)c(=O)c2=O)C(=O)O)cc1. The molecule has 0 unspecified atom stereocenters. The molecule has 2 aromatic carbocycles. The first-order valence-electron chi connectivity index (χ1n) is 10.5. The Kier molecular flexibility index (Phi) is 6.85. The molecule has 0 spiro atoms. The number of pyridine rings is 1. The molecule has 0 aliphatic carbocycles. The molecular formula is C23H20Cl2N4O5. The van der Waals surface area contributed by atoms with Crippen molar-refractivity contribution in [3.05, 3.63) is 78.3 Å². The maximum atomic E-state index is 12.5. The number of benzene rings is 1. The largest absolute Gasteiger partial charge is 0.480 e. The van der Waals surface area contributed by atoms with E-state index >= 15 is 0 Å². The monoisotopic (exact) mass is 502 g/mol. The van der Waals surface area contributed by atoms with Gasteiger partial charge in [0.25, 0.3) is 16.8 Å². The minimum absolute atomic E-state index is 0.0392. The molecule has 9 nitrogen and oxygen atoms in total. The number of carboxylic acids is 1. The maximum Gasteiger partial charge on any atom is 0.326 e. The Morgan fingerprint density at radius 3 is 2.21 bits per heavy atom. The van der Waals surface area contributed by atoms with Gasteiger partial charge in [0.05, 0.1) is 15.7 Å². The van der Waals surface area contributed by atoms with E-state index in [4.69, 9.17) is 23.2 Å². The highest BCUT2D eigenvalue weighted by Crippen LogP contribution is 2.29. The number of carboxylic acid groups (broad SMARTS) is 1. The van der Waals surface area contributed by atoms with Crippen LogP contribution in [-0.2, 0) is 11.2 Å². The van der Waals surface area contributed by atoms with Crippen LogP contribution in [0.5, 0.6) is 0 Å². The number of halogens is 2. The molecule has 1 aliphatic rings. The zero-order valence-corrected chi connectivity index (χ0v) is 19.3. The van der Waals surface area contributed by atoms with Crippen LogP contribution in [0.3, 0.4) is 0 Å². The molecule has 3 aromatic rings. The number of hydrogen-bond acceptors (Lipinski definition) is 7. The Labute approximate surface area is 204 Å². The van der Waals surface area contributed by atoms with Crippen molar-refractivity contribution >= 4 is 52.1 Å². The predicted molar refractivity (Wildman–Crippen MR) is 130 cm³/mol. The Hall–Kier alpha value is -3.43. The van der Waals surface area contributed by atoms with Crippen LogP contribution in [0.1, 0.15) is 28.8 Å². The number of rotatable bonds is 8. The number of carbonyl (C=O) groups excluding carboxylic acids is 1. The van der Waals surface area contributed by atoms with Crippen LogP contribution in [-0.4, -0.2) is 41.1 Å². The zero-order valence-electron chi connectivity index (χ0n) is 17.8. The molecular weight excluding hydrogens is 483 g/mol. The number of nitrogens with one attached hydrogen (secondary N) is 2. The van der Waals surface area contributed by atoms with Gasteiger partial charge in [-0.05, 0) is 30.5 Å². The second kappa shape index (κ2) is 9.82. The van der Waals surface area contributed by atoms with E-state index in [0.717, 1.165) is 12.8 Å². The highest BCUT2D eigenvalue weighted by molar-refractivity contribution is 6.39. The normalized spacial score (nSPS) is 14.2. The van der Waals surface area contributed by atoms with Gasteiger partial charge in [0.15, 0.2) is 0 Å². The van der Waals surface area contributed by atoms with Crippen molar-refractivity contribution in [3.63, 3.8) is 0 Å². The van der Waals surface area contributed by atoms with E-state index in [1.165, 1.54) is 12.4 Å². The number of nitrogens with zero attached hydrogens (tertiary/aromatic N) is 2. The van der Waals surface area contributed by atoms with Crippen LogP contribution in [0.2, 0.25) is 10.0 Å². The summed E-state index contributed by atoms with van der Waals surface area (Å²) in [5.74, 6) is -1.61. The van der Waals surface area contributed by atoms with Crippen molar-refractivity contribution in [2.24, 2.45) is 0 Å². The predicted octanol–water partition coefficient (Wildman–Crippen LogP) is 2.94. The fourth-order valence-corrected chi connectivity index (χ4v) is 4.33. The van der Waals surface area contributed by atoms with Gasteiger partial charge in [-0.3, -0.25) is 19.4 Å². The highest BCUT2D eigenvalue weighted by Gasteiger charge is 2.31. The first-order chi connectivity index (χ1) is 16.3. The lowest BCUT2D eigenvalue weighted by Crippen LogP contribution is -2.45. The quantitative estimate of drug-likeness (QED) is 0.401. The third kappa shape index (κ3) is 4.76. The van der Waals surface area contributed by atoms with E-state index in [1.807, 2.05) is 4.90 Å². The van der Waals surface area contributed by atoms with Gasteiger partial charge in [-0.15, -0.1) is 0 Å². The minimum atomic E-state index is -1.16. The summed E-state index contributed by atoms with van der Waals surface area (Å²) in [5.41, 5.74) is 0.219. The molecule has 1 fully saturated rings. The smallest absolute Gasteiger partial charge is 0.326 e. The Bertz CT molecular complexity index is 1290. The van der Waals surface area contributed by atoms with Crippen molar-refractivity contribution in [1.29, 1.82) is 0 Å². The topological polar surface area (TPSA) is 129 Å². The van der Waals surface area contributed by atoms with E-state index in [9.17, 15) is 24.3 Å². The highest BCUT2D eigenvalue weighted by atomic mass is 35.5. The van der Waals surface area contributed by atoms with Gasteiger partial charge in [0.1, 0.15) is 17.4 Å². The van der Waals surface area contributed by atoms with Gasteiger partial charge in [-0.1, -0.05) is 35.3 Å². The molecule has 0 bridgehead atoms. The summed E-state index contributed by atoms with van der Waals surface area (Å²) < 4.78 is 0. The molecule has 4 rings (SSSR count). The lowest BCUT2D eigenvalue weighted by molar-refractivity contribution is -0.137. The molecule has 176 valence electrons. The van der Waals surface area contributed by atoms with Crippen LogP contribution in [0.15, 0.2) is 46.2 Å².